The van der Waals surface area contributed by atoms with Crippen molar-refractivity contribution in [2.45, 2.75) is 11.6 Å². The Bertz CT molecular complexity index is 457. The van der Waals surface area contributed by atoms with Gasteiger partial charge in [0.05, 0.1) is 0 Å². The molecule has 0 saturated carbocycles. The van der Waals surface area contributed by atoms with Gasteiger partial charge in [-0.3, -0.25) is 10.1 Å². The van der Waals surface area contributed by atoms with Crippen molar-refractivity contribution in [2.24, 2.45) is 5.73 Å². The highest BCUT2D eigenvalue weighted by Gasteiger charge is 2.51. The molecule has 1 aromatic rings. The minimum absolute atomic E-state index is 0.105. The summed E-state index contributed by atoms with van der Waals surface area (Å²) < 4.78 is 0. The van der Waals surface area contributed by atoms with Crippen LogP contribution in [0.2, 0.25) is 0 Å². The van der Waals surface area contributed by atoms with Gasteiger partial charge in [-0.15, -0.1) is 0 Å². The fourth-order valence-electron chi connectivity index (χ4n) is 1.64. The van der Waals surface area contributed by atoms with Crippen LogP contribution in [0.3, 0.4) is 0 Å². The Hall–Kier alpha value is -2.08. The van der Waals surface area contributed by atoms with Gasteiger partial charge in [-0.1, -0.05) is 18.2 Å². The van der Waals surface area contributed by atoms with Gasteiger partial charge in [0, 0.05) is 23.4 Å². The third-order valence-corrected chi connectivity index (χ3v) is 2.51. The lowest BCUT2D eigenvalue weighted by atomic mass is 9.86. The van der Waals surface area contributed by atoms with Crippen LogP contribution in [-0.2, 0) is 5.54 Å². The van der Waals surface area contributed by atoms with Crippen molar-refractivity contribution in [1.82, 2.24) is 9.97 Å². The lowest BCUT2D eigenvalue weighted by Gasteiger charge is -2.26. The van der Waals surface area contributed by atoms with Crippen molar-refractivity contribution < 1.29 is 4.92 Å². The molecule has 82 valence electrons. The van der Waals surface area contributed by atoms with Crippen molar-refractivity contribution in [3.05, 3.63) is 58.7 Å². The van der Waals surface area contributed by atoms with Crippen LogP contribution in [0.15, 0.2) is 42.8 Å². The Labute approximate surface area is 91.7 Å². The SMILES string of the molecule is NC1C=CC=CC1(c1ncccn1)[N+](=O)[O-]. The first-order valence-corrected chi connectivity index (χ1v) is 4.71. The lowest BCUT2D eigenvalue weighted by molar-refractivity contribution is -0.567. The molecule has 0 saturated heterocycles. The fraction of sp³-hybridized carbons (Fsp3) is 0.200. The van der Waals surface area contributed by atoms with Crippen LogP contribution >= 0.6 is 0 Å². The quantitative estimate of drug-likeness (QED) is 0.572. The second-order valence-electron chi connectivity index (χ2n) is 3.42. The zero-order valence-corrected chi connectivity index (χ0v) is 8.35. The van der Waals surface area contributed by atoms with E-state index in [0.29, 0.717) is 0 Å². The molecule has 2 atom stereocenters. The van der Waals surface area contributed by atoms with E-state index < -0.39 is 16.5 Å². The highest BCUT2D eigenvalue weighted by Crippen LogP contribution is 2.29. The Morgan fingerprint density at radius 3 is 2.62 bits per heavy atom. The molecule has 0 spiro atoms. The second kappa shape index (κ2) is 3.82. The summed E-state index contributed by atoms with van der Waals surface area (Å²) in [6.07, 6.45) is 9.18. The first kappa shape index (κ1) is 10.4. The number of nitrogens with zero attached hydrogens (tertiary/aromatic N) is 3. The molecule has 2 N–H and O–H groups in total. The van der Waals surface area contributed by atoms with E-state index in [1.54, 1.807) is 24.3 Å². The molecule has 0 bridgehead atoms. The Kier molecular flexibility index (Phi) is 2.49. The lowest BCUT2D eigenvalue weighted by Crippen LogP contribution is -2.50. The summed E-state index contributed by atoms with van der Waals surface area (Å²) >= 11 is 0. The molecule has 6 nitrogen and oxygen atoms in total. The molecule has 6 heteroatoms. The normalized spacial score (nSPS) is 27.9. The van der Waals surface area contributed by atoms with E-state index in [-0.39, 0.29) is 5.82 Å². The number of aromatic nitrogens is 2. The van der Waals surface area contributed by atoms with E-state index in [9.17, 15) is 10.1 Å². The number of nitro groups is 1. The molecule has 0 aliphatic heterocycles. The molecule has 1 heterocycles. The highest BCUT2D eigenvalue weighted by atomic mass is 16.6. The predicted octanol–water partition coefficient (Wildman–Crippen LogP) is 0.402. The average molecular weight is 218 g/mol. The Morgan fingerprint density at radius 1 is 1.38 bits per heavy atom. The monoisotopic (exact) mass is 218 g/mol. The van der Waals surface area contributed by atoms with Crippen LogP contribution in [0.5, 0.6) is 0 Å². The molecule has 16 heavy (non-hydrogen) atoms. The highest BCUT2D eigenvalue weighted by molar-refractivity contribution is 5.28. The average Bonchev–Trinajstić information content (AvgIpc) is 2.30. The standard InChI is InChI=1S/C10H10N4O2/c11-8-4-1-2-5-10(8,14(15)16)9-12-6-3-7-13-9/h1-8H,11H2. The summed E-state index contributed by atoms with van der Waals surface area (Å²) in [7, 11) is 0. The number of hydrogen-bond donors (Lipinski definition) is 1. The van der Waals surface area contributed by atoms with Crippen molar-refractivity contribution in [1.29, 1.82) is 0 Å². The van der Waals surface area contributed by atoms with Crippen molar-refractivity contribution in [3.8, 4) is 0 Å². The Balaban J connectivity index is 2.57. The van der Waals surface area contributed by atoms with Gasteiger partial charge in [-0.25, -0.2) is 9.97 Å². The molecular formula is C10H10N4O2. The molecule has 2 rings (SSSR count). The van der Waals surface area contributed by atoms with E-state index in [0.717, 1.165) is 0 Å². The summed E-state index contributed by atoms with van der Waals surface area (Å²) in [6, 6.07) is 0.834. The van der Waals surface area contributed by atoms with Crippen LogP contribution in [0.25, 0.3) is 0 Å². The third kappa shape index (κ3) is 1.40. The molecule has 2 unspecified atom stereocenters. The predicted molar refractivity (Wildman–Crippen MR) is 57.0 cm³/mol. The molecule has 1 aromatic heterocycles. The molecule has 0 fully saturated rings. The number of hydrogen-bond acceptors (Lipinski definition) is 5. The zero-order valence-electron chi connectivity index (χ0n) is 8.35. The molecular weight excluding hydrogens is 208 g/mol. The van der Waals surface area contributed by atoms with Gasteiger partial charge in [-0.05, 0) is 6.07 Å². The van der Waals surface area contributed by atoms with Crippen molar-refractivity contribution in [3.63, 3.8) is 0 Å². The first-order valence-electron chi connectivity index (χ1n) is 4.71. The maximum absolute atomic E-state index is 11.2. The van der Waals surface area contributed by atoms with Crippen molar-refractivity contribution in [2.75, 3.05) is 0 Å². The van der Waals surface area contributed by atoms with Gasteiger partial charge in [0.25, 0.3) is 0 Å². The van der Waals surface area contributed by atoms with Crippen LogP contribution < -0.4 is 5.73 Å². The number of allylic oxidation sites excluding steroid dienone is 2. The van der Waals surface area contributed by atoms with E-state index >= 15 is 0 Å². The second-order valence-corrected chi connectivity index (χ2v) is 3.42. The first-order chi connectivity index (χ1) is 7.68. The van der Waals surface area contributed by atoms with Crippen LogP contribution in [0.1, 0.15) is 5.82 Å². The van der Waals surface area contributed by atoms with E-state index in [2.05, 4.69) is 9.97 Å². The number of nitrogens with two attached hydrogens (primary N) is 1. The molecule has 1 aliphatic rings. The van der Waals surface area contributed by atoms with Crippen LogP contribution in [0.4, 0.5) is 0 Å². The minimum atomic E-state index is -1.56. The summed E-state index contributed by atoms with van der Waals surface area (Å²) in [6.45, 7) is 0. The largest absolute Gasteiger partial charge is 0.318 e. The summed E-state index contributed by atoms with van der Waals surface area (Å²) in [5.41, 5.74) is 4.23. The maximum atomic E-state index is 11.2. The van der Waals surface area contributed by atoms with E-state index in [1.165, 1.54) is 18.5 Å². The molecule has 0 aromatic carbocycles. The van der Waals surface area contributed by atoms with E-state index in [1.807, 2.05) is 0 Å². The van der Waals surface area contributed by atoms with Gasteiger partial charge in [0.1, 0.15) is 6.04 Å². The minimum Gasteiger partial charge on any atom is -0.318 e. The fourth-order valence-corrected chi connectivity index (χ4v) is 1.64. The van der Waals surface area contributed by atoms with Gasteiger partial charge in [0.15, 0.2) is 0 Å². The van der Waals surface area contributed by atoms with Gasteiger partial charge >= 0.3 is 5.54 Å². The van der Waals surface area contributed by atoms with Gasteiger partial charge in [0.2, 0.25) is 5.82 Å². The summed E-state index contributed by atoms with van der Waals surface area (Å²) in [5, 5.41) is 11.2. The zero-order chi connectivity index (χ0) is 11.6. The molecule has 0 radical (unpaired) electrons. The summed E-state index contributed by atoms with van der Waals surface area (Å²) in [4.78, 5) is 18.7. The van der Waals surface area contributed by atoms with Crippen LogP contribution in [-0.4, -0.2) is 20.9 Å². The van der Waals surface area contributed by atoms with Gasteiger partial charge in [-0.2, -0.15) is 0 Å². The molecule has 0 amide bonds. The van der Waals surface area contributed by atoms with Crippen LogP contribution in [0, 0.1) is 10.1 Å². The van der Waals surface area contributed by atoms with Gasteiger partial charge < -0.3 is 5.73 Å². The molecule has 1 aliphatic carbocycles. The smallest absolute Gasteiger partial charge is 0.317 e. The van der Waals surface area contributed by atoms with E-state index in [4.69, 9.17) is 5.73 Å². The maximum Gasteiger partial charge on any atom is 0.317 e. The Morgan fingerprint density at radius 2 is 2.06 bits per heavy atom. The third-order valence-electron chi connectivity index (χ3n) is 2.51. The van der Waals surface area contributed by atoms with Crippen molar-refractivity contribution >= 4 is 0 Å². The number of rotatable bonds is 2. The summed E-state index contributed by atoms with van der Waals surface area (Å²) in [5.74, 6) is 0.105. The topological polar surface area (TPSA) is 94.9 Å².